The highest BCUT2D eigenvalue weighted by molar-refractivity contribution is 5.20. The van der Waals surface area contributed by atoms with Crippen molar-refractivity contribution in [2.75, 3.05) is 33.2 Å². The van der Waals surface area contributed by atoms with Crippen molar-refractivity contribution < 1.29 is 0 Å². The zero-order valence-corrected chi connectivity index (χ0v) is 11.9. The molecule has 0 bridgehead atoms. The molecule has 0 radical (unpaired) electrons. The molecule has 1 unspecified atom stereocenters. The van der Waals surface area contributed by atoms with E-state index in [1.54, 1.807) is 0 Å². The molecule has 19 heavy (non-hydrogen) atoms. The number of hydrogen-bond acceptors (Lipinski definition) is 3. The van der Waals surface area contributed by atoms with E-state index in [2.05, 4.69) is 47.2 Å². The zero-order chi connectivity index (χ0) is 13.3. The minimum Gasteiger partial charge on any atom is -0.324 e. The molecule has 2 aliphatic rings. The summed E-state index contributed by atoms with van der Waals surface area (Å²) < 4.78 is 0. The lowest BCUT2D eigenvalue weighted by atomic mass is 9.77. The summed E-state index contributed by atoms with van der Waals surface area (Å²) in [6, 6.07) is 11.4. The van der Waals surface area contributed by atoms with Crippen LogP contribution in [0.3, 0.4) is 0 Å². The monoisotopic (exact) mass is 259 g/mol. The second-order valence-corrected chi connectivity index (χ2v) is 6.38. The fourth-order valence-electron chi connectivity index (χ4n) is 3.33. The van der Waals surface area contributed by atoms with Crippen LogP contribution in [-0.4, -0.2) is 48.6 Å². The van der Waals surface area contributed by atoms with Crippen molar-refractivity contribution in [2.24, 2.45) is 5.73 Å². The molecule has 1 saturated heterocycles. The van der Waals surface area contributed by atoms with E-state index in [9.17, 15) is 0 Å². The maximum absolute atomic E-state index is 6.45. The molecule has 3 rings (SSSR count). The molecule has 1 aromatic rings. The third-order valence-corrected chi connectivity index (χ3v) is 4.75. The third-order valence-electron chi connectivity index (χ3n) is 4.75. The SMILES string of the molecule is CN1CCN(CC2(N)CCC2)C(c2ccccc2)C1. The van der Waals surface area contributed by atoms with Gasteiger partial charge in [0.15, 0.2) is 0 Å². The summed E-state index contributed by atoms with van der Waals surface area (Å²) in [6.07, 6.45) is 3.70. The first kappa shape index (κ1) is 13.1. The average Bonchev–Trinajstić information content (AvgIpc) is 2.40. The molecule has 1 heterocycles. The van der Waals surface area contributed by atoms with Crippen molar-refractivity contribution in [3.8, 4) is 0 Å². The predicted octanol–water partition coefficient (Wildman–Crippen LogP) is 1.86. The van der Waals surface area contributed by atoms with Crippen LogP contribution in [0.5, 0.6) is 0 Å². The maximum Gasteiger partial charge on any atom is 0.0476 e. The van der Waals surface area contributed by atoms with E-state index in [0.717, 1.165) is 26.2 Å². The van der Waals surface area contributed by atoms with Crippen LogP contribution in [0.15, 0.2) is 30.3 Å². The van der Waals surface area contributed by atoms with Gasteiger partial charge in [-0.3, -0.25) is 4.90 Å². The van der Waals surface area contributed by atoms with Gasteiger partial charge in [0.05, 0.1) is 0 Å². The van der Waals surface area contributed by atoms with E-state index in [4.69, 9.17) is 5.73 Å². The number of nitrogens with zero attached hydrogens (tertiary/aromatic N) is 2. The molecule has 1 saturated carbocycles. The molecule has 1 aliphatic carbocycles. The van der Waals surface area contributed by atoms with Gasteiger partial charge in [-0.25, -0.2) is 0 Å². The van der Waals surface area contributed by atoms with Crippen molar-refractivity contribution in [1.29, 1.82) is 0 Å². The first-order chi connectivity index (χ1) is 9.16. The smallest absolute Gasteiger partial charge is 0.0476 e. The Morgan fingerprint density at radius 3 is 2.58 bits per heavy atom. The average molecular weight is 259 g/mol. The van der Waals surface area contributed by atoms with Gasteiger partial charge in [-0.05, 0) is 31.9 Å². The van der Waals surface area contributed by atoms with E-state index in [-0.39, 0.29) is 5.54 Å². The van der Waals surface area contributed by atoms with Gasteiger partial charge in [-0.2, -0.15) is 0 Å². The van der Waals surface area contributed by atoms with Crippen LogP contribution in [0.2, 0.25) is 0 Å². The molecule has 0 spiro atoms. The Bertz CT molecular complexity index is 413. The number of likely N-dealkylation sites (N-methyl/N-ethyl adjacent to an activating group) is 1. The topological polar surface area (TPSA) is 32.5 Å². The van der Waals surface area contributed by atoms with Crippen LogP contribution >= 0.6 is 0 Å². The standard InChI is InChI=1S/C16H25N3/c1-18-10-11-19(13-16(17)8-5-9-16)15(12-18)14-6-3-2-4-7-14/h2-4,6-7,15H,5,8-13,17H2,1H3. The molecule has 3 heteroatoms. The largest absolute Gasteiger partial charge is 0.324 e. The summed E-state index contributed by atoms with van der Waals surface area (Å²) in [5, 5.41) is 0. The first-order valence-corrected chi connectivity index (χ1v) is 7.43. The van der Waals surface area contributed by atoms with Crippen molar-refractivity contribution in [2.45, 2.75) is 30.8 Å². The van der Waals surface area contributed by atoms with E-state index < -0.39 is 0 Å². The van der Waals surface area contributed by atoms with Crippen LogP contribution in [0.25, 0.3) is 0 Å². The fourth-order valence-corrected chi connectivity index (χ4v) is 3.33. The minimum absolute atomic E-state index is 0.0863. The van der Waals surface area contributed by atoms with Gasteiger partial charge in [0.2, 0.25) is 0 Å². The van der Waals surface area contributed by atoms with Crippen LogP contribution in [0, 0.1) is 0 Å². The molecule has 1 aromatic carbocycles. The molecule has 2 fully saturated rings. The second kappa shape index (κ2) is 5.23. The lowest BCUT2D eigenvalue weighted by Crippen LogP contribution is -2.58. The molecule has 0 amide bonds. The Labute approximate surface area is 116 Å². The highest BCUT2D eigenvalue weighted by Gasteiger charge is 2.37. The highest BCUT2D eigenvalue weighted by atomic mass is 15.3. The summed E-state index contributed by atoms with van der Waals surface area (Å²) in [6.45, 7) is 4.45. The normalized spacial score (nSPS) is 28.0. The van der Waals surface area contributed by atoms with Gasteiger partial charge in [0.25, 0.3) is 0 Å². The first-order valence-electron chi connectivity index (χ1n) is 7.43. The van der Waals surface area contributed by atoms with Gasteiger partial charge >= 0.3 is 0 Å². The van der Waals surface area contributed by atoms with E-state index in [1.807, 2.05) is 0 Å². The molecule has 1 atom stereocenters. The van der Waals surface area contributed by atoms with Crippen LogP contribution < -0.4 is 5.73 Å². The van der Waals surface area contributed by atoms with Gasteiger partial charge in [-0.1, -0.05) is 30.3 Å². The number of benzene rings is 1. The van der Waals surface area contributed by atoms with E-state index >= 15 is 0 Å². The fraction of sp³-hybridized carbons (Fsp3) is 0.625. The van der Waals surface area contributed by atoms with E-state index in [1.165, 1.54) is 24.8 Å². The Morgan fingerprint density at radius 2 is 1.95 bits per heavy atom. The summed E-state index contributed by atoms with van der Waals surface area (Å²) in [7, 11) is 2.22. The quantitative estimate of drug-likeness (QED) is 0.899. The number of hydrogen-bond donors (Lipinski definition) is 1. The summed E-state index contributed by atoms with van der Waals surface area (Å²) in [5.74, 6) is 0. The number of rotatable bonds is 3. The Balaban J connectivity index is 1.76. The van der Waals surface area contributed by atoms with Gasteiger partial charge in [-0.15, -0.1) is 0 Å². The van der Waals surface area contributed by atoms with E-state index in [0.29, 0.717) is 6.04 Å². The second-order valence-electron chi connectivity index (χ2n) is 6.38. The van der Waals surface area contributed by atoms with Crippen LogP contribution in [0.4, 0.5) is 0 Å². The van der Waals surface area contributed by atoms with Gasteiger partial charge in [0, 0.05) is 37.8 Å². The Morgan fingerprint density at radius 1 is 1.21 bits per heavy atom. The highest BCUT2D eigenvalue weighted by Crippen LogP contribution is 2.33. The lowest BCUT2D eigenvalue weighted by molar-refractivity contribution is 0.0491. The van der Waals surface area contributed by atoms with Gasteiger partial charge in [0.1, 0.15) is 0 Å². The minimum atomic E-state index is 0.0863. The summed E-state index contributed by atoms with van der Waals surface area (Å²) in [5.41, 5.74) is 7.97. The van der Waals surface area contributed by atoms with Gasteiger partial charge < -0.3 is 10.6 Å². The number of nitrogens with two attached hydrogens (primary N) is 1. The molecule has 0 aromatic heterocycles. The summed E-state index contributed by atoms with van der Waals surface area (Å²) in [4.78, 5) is 5.03. The molecular weight excluding hydrogens is 234 g/mol. The zero-order valence-electron chi connectivity index (χ0n) is 11.9. The molecule has 3 nitrogen and oxygen atoms in total. The molecule has 2 N–H and O–H groups in total. The van der Waals surface area contributed by atoms with Crippen molar-refractivity contribution in [3.63, 3.8) is 0 Å². The Hall–Kier alpha value is -0.900. The molecular formula is C16H25N3. The van der Waals surface area contributed by atoms with Crippen molar-refractivity contribution in [1.82, 2.24) is 9.80 Å². The van der Waals surface area contributed by atoms with Crippen molar-refractivity contribution >= 4 is 0 Å². The Kier molecular flexibility index (Phi) is 3.61. The van der Waals surface area contributed by atoms with Crippen molar-refractivity contribution in [3.05, 3.63) is 35.9 Å². The lowest BCUT2D eigenvalue weighted by Gasteiger charge is -2.47. The summed E-state index contributed by atoms with van der Waals surface area (Å²) >= 11 is 0. The van der Waals surface area contributed by atoms with Crippen LogP contribution in [0.1, 0.15) is 30.9 Å². The maximum atomic E-state index is 6.45. The molecule has 104 valence electrons. The third kappa shape index (κ3) is 2.83. The molecule has 1 aliphatic heterocycles. The predicted molar refractivity (Wildman–Crippen MR) is 79.0 cm³/mol. The van der Waals surface area contributed by atoms with Crippen LogP contribution in [-0.2, 0) is 0 Å². The number of piperazine rings is 1.